The van der Waals surface area contributed by atoms with Gasteiger partial charge in [-0.3, -0.25) is 4.99 Å². The number of halogens is 3. The topological polar surface area (TPSA) is 12.4 Å². The quantitative estimate of drug-likeness (QED) is 0.487. The van der Waals surface area contributed by atoms with Crippen LogP contribution in [-0.2, 0) is 0 Å². The van der Waals surface area contributed by atoms with E-state index in [4.69, 9.17) is 0 Å². The van der Waals surface area contributed by atoms with Crippen LogP contribution < -0.4 is 0 Å². The lowest BCUT2D eigenvalue weighted by Crippen LogP contribution is -2.11. The van der Waals surface area contributed by atoms with E-state index in [1.807, 2.05) is 13.8 Å². The third kappa shape index (κ3) is 4.84. The van der Waals surface area contributed by atoms with Crippen LogP contribution >= 0.6 is 0 Å². The van der Waals surface area contributed by atoms with Crippen LogP contribution in [0.4, 0.5) is 13.2 Å². The molecule has 0 aromatic heterocycles. The van der Waals surface area contributed by atoms with Crippen molar-refractivity contribution < 1.29 is 13.2 Å². The zero-order valence-corrected chi connectivity index (χ0v) is 8.78. The molecule has 0 aliphatic rings. The second-order valence-corrected chi connectivity index (χ2v) is 2.09. The third-order valence-electron chi connectivity index (χ3n) is 1.36. The molecule has 0 bridgehead atoms. The predicted octanol–water partition coefficient (Wildman–Crippen LogP) is 4.13. The lowest BCUT2D eigenvalue weighted by molar-refractivity contribution is -0.0929. The van der Waals surface area contributed by atoms with Gasteiger partial charge in [0, 0.05) is 0 Å². The molecule has 0 atom stereocenters. The van der Waals surface area contributed by atoms with Crippen LogP contribution in [0.2, 0.25) is 0 Å². The van der Waals surface area contributed by atoms with Crippen LogP contribution in [0.15, 0.2) is 28.9 Å². The maximum atomic E-state index is 12.1. The highest BCUT2D eigenvalue weighted by Crippen LogP contribution is 2.30. The van der Waals surface area contributed by atoms with Crippen molar-refractivity contribution in [2.24, 2.45) is 4.99 Å². The monoisotopic (exact) mass is 207 g/mol. The molecule has 0 fully saturated rings. The van der Waals surface area contributed by atoms with Crippen molar-refractivity contribution in [1.82, 2.24) is 0 Å². The number of hydrogen-bond donors (Lipinski definition) is 0. The molecule has 0 amide bonds. The van der Waals surface area contributed by atoms with Crippen molar-refractivity contribution in [3.63, 3.8) is 0 Å². The number of alkyl halides is 3. The van der Waals surface area contributed by atoms with Gasteiger partial charge in [0.05, 0.1) is 0 Å². The van der Waals surface area contributed by atoms with Crippen LogP contribution in [0.5, 0.6) is 0 Å². The minimum atomic E-state index is -4.43. The largest absolute Gasteiger partial charge is 0.433 e. The van der Waals surface area contributed by atoms with Gasteiger partial charge in [0.25, 0.3) is 0 Å². The summed E-state index contributed by atoms with van der Waals surface area (Å²) in [6.45, 7) is 11.7. The van der Waals surface area contributed by atoms with E-state index >= 15 is 0 Å². The maximum absolute atomic E-state index is 12.1. The summed E-state index contributed by atoms with van der Waals surface area (Å²) in [6, 6.07) is 0. The van der Waals surface area contributed by atoms with Crippen LogP contribution in [0.1, 0.15) is 27.2 Å². The lowest BCUT2D eigenvalue weighted by Gasteiger charge is -2.09. The molecule has 0 heterocycles. The van der Waals surface area contributed by atoms with Crippen molar-refractivity contribution in [1.29, 1.82) is 0 Å². The molecule has 0 saturated heterocycles. The molecule has 0 N–H and O–H groups in total. The van der Waals surface area contributed by atoms with Crippen LogP contribution in [0.3, 0.4) is 0 Å². The Morgan fingerprint density at radius 3 is 1.86 bits per heavy atom. The van der Waals surface area contributed by atoms with E-state index in [0.29, 0.717) is 0 Å². The average Bonchev–Trinajstić information content (AvgIpc) is 2.15. The maximum Gasteiger partial charge on any atom is 0.433 e. The molecule has 82 valence electrons. The van der Waals surface area contributed by atoms with Crippen molar-refractivity contribution in [3.05, 3.63) is 23.9 Å². The molecule has 0 aliphatic heterocycles. The fourth-order valence-electron chi connectivity index (χ4n) is 0.782. The molecule has 0 aromatic carbocycles. The minimum Gasteiger partial charge on any atom is -0.259 e. The number of nitrogens with zero attached hydrogens (tertiary/aromatic N) is 1. The zero-order chi connectivity index (χ0) is 11.8. The summed E-state index contributed by atoms with van der Waals surface area (Å²) >= 11 is 0. The highest BCUT2D eigenvalue weighted by atomic mass is 19.4. The Hall–Kier alpha value is -1.06. The summed E-state index contributed by atoms with van der Waals surface area (Å²) in [7, 11) is 0. The van der Waals surface area contributed by atoms with Crippen LogP contribution in [0, 0.1) is 0 Å². The van der Waals surface area contributed by atoms with Gasteiger partial charge in [-0.2, -0.15) is 13.2 Å². The van der Waals surface area contributed by atoms with Gasteiger partial charge in [0.1, 0.15) is 5.70 Å². The highest BCUT2D eigenvalue weighted by molar-refractivity contribution is 5.35. The van der Waals surface area contributed by atoms with Gasteiger partial charge >= 0.3 is 6.18 Å². The molecule has 0 aliphatic carbocycles. The number of aliphatic imine (C=N–C) groups is 1. The Morgan fingerprint density at radius 1 is 1.36 bits per heavy atom. The van der Waals surface area contributed by atoms with E-state index in [1.54, 1.807) is 6.92 Å². The summed E-state index contributed by atoms with van der Waals surface area (Å²) in [5, 5.41) is 0. The average molecular weight is 207 g/mol. The fraction of sp³-hybridized carbons (Fsp3) is 0.500. The van der Waals surface area contributed by atoms with Gasteiger partial charge < -0.3 is 0 Å². The number of rotatable bonds is 3. The van der Waals surface area contributed by atoms with E-state index < -0.39 is 11.9 Å². The van der Waals surface area contributed by atoms with Gasteiger partial charge in [0.2, 0.25) is 0 Å². The Balaban J connectivity index is 0. The Kier molecular flexibility index (Phi) is 8.10. The van der Waals surface area contributed by atoms with Crippen LogP contribution in [0.25, 0.3) is 0 Å². The first kappa shape index (κ1) is 15.4. The number of allylic oxidation sites excluding steroid dienone is 3. The van der Waals surface area contributed by atoms with Gasteiger partial charge in [0.15, 0.2) is 0 Å². The minimum absolute atomic E-state index is 0.0671. The van der Waals surface area contributed by atoms with E-state index in [0.717, 1.165) is 6.08 Å². The standard InChI is InChI=1S/C8H10F3N.C2H6/c1-4-6(5-2)7(12-3)8(9,10)11;1-2/h4H,1,3,5H2,2H3;1-2H3/b7-6+;. The number of hydrogen-bond acceptors (Lipinski definition) is 1. The third-order valence-corrected chi connectivity index (χ3v) is 1.36. The molecule has 0 rings (SSSR count). The van der Waals surface area contributed by atoms with Crippen molar-refractivity contribution in [3.8, 4) is 0 Å². The Labute approximate surface area is 83.0 Å². The van der Waals surface area contributed by atoms with E-state index in [9.17, 15) is 13.2 Å². The summed E-state index contributed by atoms with van der Waals surface area (Å²) in [6.07, 6.45) is -3.03. The lowest BCUT2D eigenvalue weighted by atomic mass is 10.1. The predicted molar refractivity (Wildman–Crippen MR) is 54.5 cm³/mol. The van der Waals surface area contributed by atoms with Crippen molar-refractivity contribution >= 4 is 6.72 Å². The van der Waals surface area contributed by atoms with E-state index in [2.05, 4.69) is 18.3 Å². The van der Waals surface area contributed by atoms with Crippen LogP contribution in [-0.4, -0.2) is 12.9 Å². The second-order valence-electron chi connectivity index (χ2n) is 2.09. The molecular formula is C10H16F3N. The summed E-state index contributed by atoms with van der Waals surface area (Å²) in [5.74, 6) is 0. The second kappa shape index (κ2) is 7.35. The summed E-state index contributed by atoms with van der Waals surface area (Å²) in [4.78, 5) is 2.93. The van der Waals surface area contributed by atoms with Crippen molar-refractivity contribution in [2.75, 3.05) is 0 Å². The van der Waals surface area contributed by atoms with E-state index in [-0.39, 0.29) is 12.0 Å². The van der Waals surface area contributed by atoms with Gasteiger partial charge in [-0.1, -0.05) is 33.4 Å². The molecule has 4 heteroatoms. The Morgan fingerprint density at radius 2 is 1.79 bits per heavy atom. The highest BCUT2D eigenvalue weighted by Gasteiger charge is 2.34. The fourth-order valence-corrected chi connectivity index (χ4v) is 0.782. The first-order chi connectivity index (χ1) is 6.47. The summed E-state index contributed by atoms with van der Waals surface area (Å²) < 4.78 is 36.3. The van der Waals surface area contributed by atoms with Gasteiger partial charge in [-0.05, 0) is 18.7 Å². The first-order valence-electron chi connectivity index (χ1n) is 4.36. The molecule has 0 saturated carbocycles. The van der Waals surface area contributed by atoms with Crippen molar-refractivity contribution in [2.45, 2.75) is 33.4 Å². The zero-order valence-electron chi connectivity index (χ0n) is 8.78. The molecule has 1 nitrogen and oxygen atoms in total. The normalized spacial score (nSPS) is 12.1. The molecule has 0 radical (unpaired) electrons. The molecule has 0 spiro atoms. The Bertz CT molecular complexity index is 214. The molecule has 0 unspecified atom stereocenters. The SMILES string of the molecule is C=C/C(CC)=C(\N=C)C(F)(F)F.CC. The molecule has 14 heavy (non-hydrogen) atoms. The van der Waals surface area contributed by atoms with E-state index in [1.165, 1.54) is 0 Å². The van der Waals surface area contributed by atoms with Gasteiger partial charge in [-0.25, -0.2) is 0 Å². The smallest absolute Gasteiger partial charge is 0.259 e. The molecular weight excluding hydrogens is 191 g/mol. The molecule has 0 aromatic rings. The van der Waals surface area contributed by atoms with Gasteiger partial charge in [-0.15, -0.1) is 0 Å². The summed E-state index contributed by atoms with van der Waals surface area (Å²) in [5.41, 5.74) is -0.877. The first-order valence-corrected chi connectivity index (χ1v) is 4.36.